The van der Waals surface area contributed by atoms with Gasteiger partial charge in [0.05, 0.1) is 0 Å². The summed E-state index contributed by atoms with van der Waals surface area (Å²) in [7, 11) is 0. The third kappa shape index (κ3) is 4.98. The van der Waals surface area contributed by atoms with Gasteiger partial charge in [-0.05, 0) is 52.2 Å². The van der Waals surface area contributed by atoms with E-state index < -0.39 is 5.60 Å². The molecule has 1 amide bonds. The van der Waals surface area contributed by atoms with Gasteiger partial charge in [0.1, 0.15) is 5.60 Å². The highest BCUT2D eigenvalue weighted by atomic mass is 16.6. The van der Waals surface area contributed by atoms with Crippen molar-refractivity contribution in [2.24, 2.45) is 0 Å². The Balaban J connectivity index is 1.89. The van der Waals surface area contributed by atoms with Gasteiger partial charge in [0.25, 0.3) is 0 Å². The molecule has 1 unspecified atom stereocenters. The first kappa shape index (κ1) is 16.7. The summed E-state index contributed by atoms with van der Waals surface area (Å²) in [5.74, 6) is 0. The molecule has 1 aliphatic rings. The molecule has 0 aromatic carbocycles. The van der Waals surface area contributed by atoms with Crippen molar-refractivity contribution in [2.45, 2.75) is 58.2 Å². The van der Waals surface area contributed by atoms with Crippen LogP contribution in [0.4, 0.5) is 4.79 Å². The standard InChI is InChI=1S/C17H27N3O2/c1-13(14-7-5-9-18-11-14)19-15-8-6-10-20(12-15)16(21)22-17(2,3)4/h5,7,9,11,13,15,19H,6,8,10,12H2,1-4H3/t13-,15?/m1/s1. The van der Waals surface area contributed by atoms with E-state index in [4.69, 9.17) is 4.74 Å². The molecule has 0 spiro atoms. The Morgan fingerprint density at radius 3 is 2.91 bits per heavy atom. The van der Waals surface area contributed by atoms with Crippen LogP contribution in [-0.2, 0) is 4.74 Å². The van der Waals surface area contributed by atoms with Crippen LogP contribution in [-0.4, -0.2) is 40.7 Å². The molecule has 1 fully saturated rings. The quantitative estimate of drug-likeness (QED) is 0.932. The normalized spacial score (nSPS) is 20.5. The predicted molar refractivity (Wildman–Crippen MR) is 86.6 cm³/mol. The number of carbonyl (C=O) groups is 1. The van der Waals surface area contributed by atoms with Gasteiger partial charge in [0.15, 0.2) is 0 Å². The molecule has 1 aromatic rings. The number of nitrogens with zero attached hydrogens (tertiary/aromatic N) is 2. The first-order valence-electron chi connectivity index (χ1n) is 7.99. The number of piperidine rings is 1. The molecule has 122 valence electrons. The molecule has 22 heavy (non-hydrogen) atoms. The summed E-state index contributed by atoms with van der Waals surface area (Å²) < 4.78 is 5.46. The molecule has 0 aliphatic carbocycles. The Morgan fingerprint density at radius 2 is 2.27 bits per heavy atom. The van der Waals surface area contributed by atoms with Crippen LogP contribution >= 0.6 is 0 Å². The smallest absolute Gasteiger partial charge is 0.410 e. The molecule has 2 rings (SSSR count). The summed E-state index contributed by atoms with van der Waals surface area (Å²) in [4.78, 5) is 18.1. The molecule has 1 aliphatic heterocycles. The molecule has 0 bridgehead atoms. The molecule has 5 nitrogen and oxygen atoms in total. The zero-order chi connectivity index (χ0) is 16.2. The number of carbonyl (C=O) groups excluding carboxylic acids is 1. The topological polar surface area (TPSA) is 54.5 Å². The van der Waals surface area contributed by atoms with Crippen LogP contribution in [0.1, 0.15) is 52.1 Å². The number of nitrogens with one attached hydrogen (secondary N) is 1. The van der Waals surface area contributed by atoms with Gasteiger partial charge in [-0.15, -0.1) is 0 Å². The maximum absolute atomic E-state index is 12.2. The number of pyridine rings is 1. The van der Waals surface area contributed by atoms with E-state index in [1.54, 1.807) is 6.20 Å². The van der Waals surface area contributed by atoms with Gasteiger partial charge in [0.2, 0.25) is 0 Å². The van der Waals surface area contributed by atoms with Crippen molar-refractivity contribution in [3.63, 3.8) is 0 Å². The van der Waals surface area contributed by atoms with Crippen molar-refractivity contribution in [1.82, 2.24) is 15.2 Å². The Kier molecular flexibility index (Phi) is 5.40. The van der Waals surface area contributed by atoms with Crippen LogP contribution in [0.2, 0.25) is 0 Å². The fourth-order valence-corrected chi connectivity index (χ4v) is 2.69. The van der Waals surface area contributed by atoms with Gasteiger partial charge >= 0.3 is 6.09 Å². The van der Waals surface area contributed by atoms with Crippen molar-refractivity contribution in [2.75, 3.05) is 13.1 Å². The second-order valence-electron chi connectivity index (χ2n) is 6.94. The van der Waals surface area contributed by atoms with Gasteiger partial charge < -0.3 is 15.0 Å². The monoisotopic (exact) mass is 305 g/mol. The lowest BCUT2D eigenvalue weighted by atomic mass is 10.0. The van der Waals surface area contributed by atoms with Crippen molar-refractivity contribution in [3.05, 3.63) is 30.1 Å². The minimum absolute atomic E-state index is 0.215. The maximum Gasteiger partial charge on any atom is 0.410 e. The first-order chi connectivity index (χ1) is 10.3. The molecule has 2 heterocycles. The van der Waals surface area contributed by atoms with Crippen LogP contribution in [0, 0.1) is 0 Å². The average molecular weight is 305 g/mol. The number of amides is 1. The number of rotatable bonds is 3. The van der Waals surface area contributed by atoms with Crippen molar-refractivity contribution < 1.29 is 9.53 Å². The molecule has 1 N–H and O–H groups in total. The van der Waals surface area contributed by atoms with E-state index in [9.17, 15) is 4.79 Å². The fourth-order valence-electron chi connectivity index (χ4n) is 2.69. The number of ether oxygens (including phenoxy) is 1. The van der Waals surface area contributed by atoms with E-state index in [0.717, 1.165) is 24.9 Å². The third-order valence-electron chi connectivity index (χ3n) is 3.74. The molecule has 1 aromatic heterocycles. The van der Waals surface area contributed by atoms with Crippen LogP contribution in [0.3, 0.4) is 0 Å². The summed E-state index contributed by atoms with van der Waals surface area (Å²) in [6.45, 7) is 9.29. The second-order valence-corrected chi connectivity index (χ2v) is 6.94. The number of hydrogen-bond donors (Lipinski definition) is 1. The average Bonchev–Trinajstić information content (AvgIpc) is 2.46. The minimum Gasteiger partial charge on any atom is -0.444 e. The molecule has 5 heteroatoms. The SMILES string of the molecule is C[C@@H](NC1CCCN(C(=O)OC(C)(C)C)C1)c1cccnc1. The third-order valence-corrected chi connectivity index (χ3v) is 3.74. The van der Waals surface area contributed by atoms with E-state index in [2.05, 4.69) is 23.3 Å². The Bertz CT molecular complexity index is 484. The lowest BCUT2D eigenvalue weighted by Gasteiger charge is -2.35. The summed E-state index contributed by atoms with van der Waals surface area (Å²) >= 11 is 0. The largest absolute Gasteiger partial charge is 0.444 e. The molecule has 1 saturated heterocycles. The van der Waals surface area contributed by atoms with Crippen LogP contribution in [0.15, 0.2) is 24.5 Å². The van der Waals surface area contributed by atoms with Crippen molar-refractivity contribution in [3.8, 4) is 0 Å². The first-order valence-corrected chi connectivity index (χ1v) is 7.99. The summed E-state index contributed by atoms with van der Waals surface area (Å²) in [6, 6.07) is 4.52. The maximum atomic E-state index is 12.2. The molecular weight excluding hydrogens is 278 g/mol. The van der Waals surface area contributed by atoms with Gasteiger partial charge in [-0.25, -0.2) is 4.79 Å². The fraction of sp³-hybridized carbons (Fsp3) is 0.647. The molecule has 0 saturated carbocycles. The van der Waals surface area contributed by atoms with E-state index in [0.29, 0.717) is 6.54 Å². The lowest BCUT2D eigenvalue weighted by molar-refractivity contribution is 0.0184. The predicted octanol–water partition coefficient (Wildman–Crippen LogP) is 3.13. The van der Waals surface area contributed by atoms with E-state index in [-0.39, 0.29) is 18.2 Å². The van der Waals surface area contributed by atoms with Crippen LogP contribution in [0.5, 0.6) is 0 Å². The molecule has 2 atom stereocenters. The van der Waals surface area contributed by atoms with Gasteiger partial charge in [-0.3, -0.25) is 4.98 Å². The summed E-state index contributed by atoms with van der Waals surface area (Å²) in [5, 5.41) is 3.59. The second kappa shape index (κ2) is 7.09. The molecular formula is C17H27N3O2. The van der Waals surface area contributed by atoms with Crippen LogP contribution in [0.25, 0.3) is 0 Å². The van der Waals surface area contributed by atoms with Gasteiger partial charge in [-0.1, -0.05) is 6.07 Å². The van der Waals surface area contributed by atoms with E-state index >= 15 is 0 Å². The van der Waals surface area contributed by atoms with Crippen LogP contribution < -0.4 is 5.32 Å². The zero-order valence-corrected chi connectivity index (χ0v) is 14.0. The summed E-state index contributed by atoms with van der Waals surface area (Å²) in [6.07, 6.45) is 5.52. The zero-order valence-electron chi connectivity index (χ0n) is 14.0. The van der Waals surface area contributed by atoms with Crippen molar-refractivity contribution in [1.29, 1.82) is 0 Å². The Labute approximate surface area is 133 Å². The van der Waals surface area contributed by atoms with Gasteiger partial charge in [-0.2, -0.15) is 0 Å². The summed E-state index contributed by atoms with van der Waals surface area (Å²) in [5.41, 5.74) is 0.720. The number of likely N-dealkylation sites (tertiary alicyclic amines) is 1. The van der Waals surface area contributed by atoms with E-state index in [1.807, 2.05) is 37.9 Å². The highest BCUT2D eigenvalue weighted by Gasteiger charge is 2.28. The van der Waals surface area contributed by atoms with Crippen molar-refractivity contribution >= 4 is 6.09 Å². The highest BCUT2D eigenvalue weighted by molar-refractivity contribution is 5.68. The minimum atomic E-state index is -0.444. The molecule has 0 radical (unpaired) electrons. The van der Waals surface area contributed by atoms with E-state index in [1.165, 1.54) is 0 Å². The highest BCUT2D eigenvalue weighted by Crippen LogP contribution is 2.18. The lowest BCUT2D eigenvalue weighted by Crippen LogP contribution is -2.49. The Hall–Kier alpha value is -1.62. The number of aromatic nitrogens is 1. The number of hydrogen-bond acceptors (Lipinski definition) is 4. The Morgan fingerprint density at radius 1 is 1.50 bits per heavy atom. The van der Waals surface area contributed by atoms with Gasteiger partial charge in [0, 0.05) is 37.6 Å².